The molecule has 3 heteroatoms. The maximum absolute atomic E-state index is 6.51. The van der Waals surface area contributed by atoms with Crippen molar-refractivity contribution < 1.29 is 0 Å². The Kier molecular flexibility index (Phi) is 3.56. The predicted molar refractivity (Wildman–Crippen MR) is 72.9 cm³/mol. The monoisotopic (exact) mass is 248 g/mol. The summed E-state index contributed by atoms with van der Waals surface area (Å²) < 4.78 is 0. The normalized spacial score (nSPS) is 28.9. The third-order valence-electron chi connectivity index (χ3n) is 3.93. The average molecular weight is 248 g/mol. The second-order valence-electron chi connectivity index (χ2n) is 5.08. The van der Waals surface area contributed by atoms with Crippen LogP contribution in [0, 0.1) is 25.2 Å². The fourth-order valence-corrected chi connectivity index (χ4v) is 3.59. The molecule has 0 saturated heterocycles. The van der Waals surface area contributed by atoms with Crippen LogP contribution in [0.25, 0.3) is 0 Å². The highest BCUT2D eigenvalue weighted by molar-refractivity contribution is 7.11. The van der Waals surface area contributed by atoms with Gasteiger partial charge in [0.25, 0.3) is 0 Å². The van der Waals surface area contributed by atoms with E-state index in [1.54, 1.807) is 11.3 Å². The number of aryl methyl sites for hydroxylation is 1. The lowest BCUT2D eigenvalue weighted by Crippen LogP contribution is -2.40. The molecule has 1 fully saturated rings. The first-order valence-corrected chi connectivity index (χ1v) is 7.14. The van der Waals surface area contributed by atoms with Crippen molar-refractivity contribution in [3.8, 4) is 12.3 Å². The van der Waals surface area contributed by atoms with Gasteiger partial charge in [0.2, 0.25) is 0 Å². The molecule has 1 aromatic rings. The van der Waals surface area contributed by atoms with Crippen molar-refractivity contribution in [3.05, 3.63) is 15.6 Å². The van der Waals surface area contributed by atoms with Crippen molar-refractivity contribution in [3.63, 3.8) is 0 Å². The van der Waals surface area contributed by atoms with Gasteiger partial charge >= 0.3 is 0 Å². The minimum Gasteiger partial charge on any atom is -0.319 e. The Morgan fingerprint density at radius 1 is 1.53 bits per heavy atom. The summed E-state index contributed by atoms with van der Waals surface area (Å²) >= 11 is 1.67. The molecule has 2 N–H and O–H groups in total. The molecule has 1 aliphatic carbocycles. The molecule has 0 aliphatic heterocycles. The third-order valence-corrected chi connectivity index (χ3v) is 5.12. The maximum atomic E-state index is 6.51. The van der Waals surface area contributed by atoms with Crippen molar-refractivity contribution in [2.24, 2.45) is 11.7 Å². The molecule has 1 heterocycles. The van der Waals surface area contributed by atoms with Crippen LogP contribution in [0.4, 0.5) is 0 Å². The highest BCUT2D eigenvalue weighted by atomic mass is 32.1. The van der Waals surface area contributed by atoms with Gasteiger partial charge in [-0.3, -0.25) is 0 Å². The van der Waals surface area contributed by atoms with Gasteiger partial charge in [-0.15, -0.1) is 17.8 Å². The van der Waals surface area contributed by atoms with Crippen LogP contribution >= 0.6 is 11.3 Å². The number of hydrogen-bond donors (Lipinski definition) is 1. The van der Waals surface area contributed by atoms with E-state index >= 15 is 0 Å². The lowest BCUT2D eigenvalue weighted by Gasteiger charge is -2.35. The van der Waals surface area contributed by atoms with E-state index in [-0.39, 0.29) is 5.54 Å². The van der Waals surface area contributed by atoms with Gasteiger partial charge in [0, 0.05) is 4.88 Å². The Bertz CT molecular complexity index is 434. The quantitative estimate of drug-likeness (QED) is 0.816. The molecular formula is C14H20N2S. The summed E-state index contributed by atoms with van der Waals surface area (Å²) in [6.07, 6.45) is 11.2. The molecule has 0 radical (unpaired) electrons. The summed E-state index contributed by atoms with van der Waals surface area (Å²) in [5.41, 5.74) is 7.06. The van der Waals surface area contributed by atoms with Crippen molar-refractivity contribution >= 4 is 11.3 Å². The minimum atomic E-state index is -0.226. The summed E-state index contributed by atoms with van der Waals surface area (Å²) in [7, 11) is 0. The van der Waals surface area contributed by atoms with Crippen molar-refractivity contribution in [1.82, 2.24) is 4.98 Å². The summed E-state index contributed by atoms with van der Waals surface area (Å²) in [5.74, 6) is 3.48. The molecule has 92 valence electrons. The summed E-state index contributed by atoms with van der Waals surface area (Å²) in [6.45, 7) is 4.29. The number of hydrogen-bond acceptors (Lipinski definition) is 3. The van der Waals surface area contributed by atoms with Crippen LogP contribution in [0.1, 0.15) is 54.6 Å². The van der Waals surface area contributed by atoms with E-state index in [4.69, 9.17) is 12.2 Å². The van der Waals surface area contributed by atoms with E-state index < -0.39 is 0 Å². The van der Waals surface area contributed by atoms with Crippen LogP contribution in [-0.2, 0) is 5.54 Å². The Labute approximate surface area is 108 Å². The number of aromatic nitrogens is 1. The zero-order valence-electron chi connectivity index (χ0n) is 10.6. The van der Waals surface area contributed by atoms with Crippen molar-refractivity contribution in [1.29, 1.82) is 0 Å². The highest BCUT2D eigenvalue weighted by Crippen LogP contribution is 2.40. The molecule has 17 heavy (non-hydrogen) atoms. The number of terminal acetylenes is 1. The van der Waals surface area contributed by atoms with Crippen LogP contribution in [-0.4, -0.2) is 4.98 Å². The highest BCUT2D eigenvalue weighted by Gasteiger charge is 2.35. The molecular weight excluding hydrogens is 228 g/mol. The molecule has 0 unspecified atom stereocenters. The Morgan fingerprint density at radius 2 is 2.18 bits per heavy atom. The molecule has 2 rings (SSSR count). The first-order valence-electron chi connectivity index (χ1n) is 6.32. The molecule has 1 aromatic heterocycles. The molecule has 0 bridgehead atoms. The third kappa shape index (κ3) is 2.38. The van der Waals surface area contributed by atoms with E-state index in [9.17, 15) is 0 Å². The van der Waals surface area contributed by atoms with E-state index in [2.05, 4.69) is 17.8 Å². The fourth-order valence-electron chi connectivity index (χ4n) is 2.56. The summed E-state index contributed by atoms with van der Waals surface area (Å²) in [5, 5.41) is 1.04. The van der Waals surface area contributed by atoms with Gasteiger partial charge in [-0.25, -0.2) is 4.98 Å². The maximum Gasteiger partial charge on any atom is 0.127 e. The summed E-state index contributed by atoms with van der Waals surface area (Å²) in [6, 6.07) is 0. The molecule has 0 aromatic carbocycles. The Balaban J connectivity index is 2.19. The molecule has 2 nitrogen and oxygen atoms in total. The number of rotatable bonds is 2. The van der Waals surface area contributed by atoms with E-state index in [0.717, 1.165) is 34.3 Å². The van der Waals surface area contributed by atoms with Crippen LogP contribution in [0.2, 0.25) is 0 Å². The van der Waals surface area contributed by atoms with Gasteiger partial charge in [0.1, 0.15) is 10.7 Å². The second-order valence-corrected chi connectivity index (χ2v) is 6.28. The lowest BCUT2D eigenvalue weighted by atomic mass is 9.76. The van der Waals surface area contributed by atoms with Gasteiger partial charge in [-0.05, 0) is 44.4 Å². The molecule has 1 aliphatic rings. The van der Waals surface area contributed by atoms with Crippen molar-refractivity contribution in [2.75, 3.05) is 0 Å². The van der Waals surface area contributed by atoms with Gasteiger partial charge < -0.3 is 5.73 Å². The Morgan fingerprint density at radius 3 is 2.65 bits per heavy atom. The first-order chi connectivity index (χ1) is 8.09. The van der Waals surface area contributed by atoms with Gasteiger partial charge in [0.05, 0.1) is 5.54 Å². The Hall–Kier alpha value is -0.850. The first kappa shape index (κ1) is 12.6. The van der Waals surface area contributed by atoms with Gasteiger partial charge in [-0.1, -0.05) is 13.3 Å². The zero-order valence-corrected chi connectivity index (χ0v) is 11.4. The van der Waals surface area contributed by atoms with E-state index in [0.29, 0.717) is 0 Å². The second kappa shape index (κ2) is 4.80. The minimum absolute atomic E-state index is 0.226. The topological polar surface area (TPSA) is 38.9 Å². The average Bonchev–Trinajstić information content (AvgIpc) is 2.72. The molecule has 0 atom stereocenters. The largest absolute Gasteiger partial charge is 0.319 e. The molecule has 0 amide bonds. The van der Waals surface area contributed by atoms with Gasteiger partial charge in [0.15, 0.2) is 0 Å². The lowest BCUT2D eigenvalue weighted by molar-refractivity contribution is 0.231. The fraction of sp³-hybridized carbons (Fsp3) is 0.643. The van der Waals surface area contributed by atoms with E-state index in [1.807, 2.05) is 6.92 Å². The smallest absolute Gasteiger partial charge is 0.127 e. The zero-order chi connectivity index (χ0) is 12.5. The SMILES string of the molecule is C#Cc1nc(C2(N)CCC(CC)CC2)sc1C. The van der Waals surface area contributed by atoms with Crippen LogP contribution < -0.4 is 5.73 Å². The number of nitrogens with zero attached hydrogens (tertiary/aromatic N) is 1. The van der Waals surface area contributed by atoms with Crippen LogP contribution in [0.3, 0.4) is 0 Å². The molecule has 1 saturated carbocycles. The van der Waals surface area contributed by atoms with Crippen molar-refractivity contribution in [2.45, 2.75) is 51.5 Å². The predicted octanol–water partition coefficient (Wildman–Crippen LogP) is 3.19. The van der Waals surface area contributed by atoms with Crippen LogP contribution in [0.5, 0.6) is 0 Å². The number of thiazole rings is 1. The van der Waals surface area contributed by atoms with Gasteiger partial charge in [-0.2, -0.15) is 0 Å². The van der Waals surface area contributed by atoms with Crippen LogP contribution in [0.15, 0.2) is 0 Å². The number of nitrogens with two attached hydrogens (primary N) is 1. The summed E-state index contributed by atoms with van der Waals surface area (Å²) in [4.78, 5) is 5.65. The molecule has 0 spiro atoms. The van der Waals surface area contributed by atoms with E-state index in [1.165, 1.54) is 19.3 Å². The standard InChI is InChI=1S/C14H20N2S/c1-4-11-6-8-14(15,9-7-11)13-16-12(5-2)10(3)17-13/h2,11H,4,6-9,15H2,1,3H3.